The van der Waals surface area contributed by atoms with Gasteiger partial charge in [-0.25, -0.2) is 0 Å². The molecule has 1 aromatic carbocycles. The number of hydrogen-bond donors (Lipinski definition) is 3. The summed E-state index contributed by atoms with van der Waals surface area (Å²) >= 11 is 1.14. The molecule has 1 rings (SSSR count). The number of thioether (sulfide) groups is 1. The number of nitrogens with two attached hydrogens (primary N) is 1. The molecule has 0 aliphatic rings. The van der Waals surface area contributed by atoms with Crippen LogP contribution in [0.1, 0.15) is 24.5 Å². The Hall–Kier alpha value is -2.13. The van der Waals surface area contributed by atoms with Gasteiger partial charge in [0.25, 0.3) is 5.88 Å². The first-order valence-corrected chi connectivity index (χ1v) is 8.43. The fraction of sp³-hybridized carbons (Fsp3) is 0.467. The van der Waals surface area contributed by atoms with E-state index in [0.29, 0.717) is 5.69 Å². The zero-order valence-electron chi connectivity index (χ0n) is 13.9. The third kappa shape index (κ3) is 5.82. The molecule has 1 unspecified atom stereocenters. The Bertz CT molecular complexity index is 613. The number of amides is 2. The van der Waals surface area contributed by atoms with Gasteiger partial charge in [0.15, 0.2) is 0 Å². The normalized spacial score (nSPS) is 11.7. The van der Waals surface area contributed by atoms with Crippen molar-refractivity contribution in [2.24, 2.45) is 5.73 Å². The highest BCUT2D eigenvalue weighted by molar-refractivity contribution is 7.99. The molecule has 0 saturated carbocycles. The molecule has 0 bridgehead atoms. The van der Waals surface area contributed by atoms with Crippen molar-refractivity contribution in [3.8, 4) is 0 Å². The van der Waals surface area contributed by atoms with Crippen LogP contribution >= 0.6 is 11.8 Å². The fourth-order valence-corrected chi connectivity index (χ4v) is 2.93. The number of carbonyl (C=O) groups excluding carboxylic acids is 2. The zero-order valence-corrected chi connectivity index (χ0v) is 14.7. The van der Waals surface area contributed by atoms with Gasteiger partial charge in [-0.05, 0) is 48.9 Å². The minimum atomic E-state index is -0.804. The molecular weight excluding hydrogens is 332 g/mol. The third-order valence-electron chi connectivity index (χ3n) is 3.25. The van der Waals surface area contributed by atoms with Gasteiger partial charge < -0.3 is 16.4 Å². The molecule has 0 aromatic heterocycles. The van der Waals surface area contributed by atoms with Gasteiger partial charge in [-0.2, -0.15) is 0 Å². The largest absolute Gasteiger partial charge is 0.343 e. The van der Waals surface area contributed by atoms with Gasteiger partial charge in [-0.15, -0.1) is 0 Å². The van der Waals surface area contributed by atoms with Crippen LogP contribution in [0.5, 0.6) is 0 Å². The van der Waals surface area contributed by atoms with Crippen LogP contribution < -0.4 is 16.4 Å². The smallest absolute Gasteiger partial charge is 0.253 e. The van der Waals surface area contributed by atoms with E-state index in [0.717, 1.165) is 27.8 Å². The molecule has 0 saturated heterocycles. The molecule has 4 N–H and O–H groups in total. The quantitative estimate of drug-likeness (QED) is 0.280. The summed E-state index contributed by atoms with van der Waals surface area (Å²) in [5.74, 6) is -0.866. The molecule has 132 valence electrons. The van der Waals surface area contributed by atoms with E-state index in [-0.39, 0.29) is 29.7 Å². The summed E-state index contributed by atoms with van der Waals surface area (Å²) in [5, 5.41) is 15.8. The third-order valence-corrected chi connectivity index (χ3v) is 4.52. The first kappa shape index (κ1) is 19.9. The van der Waals surface area contributed by atoms with Crippen LogP contribution in [0.3, 0.4) is 0 Å². The monoisotopic (exact) mass is 354 g/mol. The number of nitrogens with one attached hydrogen (secondary N) is 2. The maximum atomic E-state index is 12.2. The van der Waals surface area contributed by atoms with Gasteiger partial charge in [0.1, 0.15) is 6.04 Å². The highest BCUT2D eigenvalue weighted by Crippen LogP contribution is 2.29. The van der Waals surface area contributed by atoms with E-state index in [1.807, 2.05) is 13.8 Å². The second-order valence-electron chi connectivity index (χ2n) is 5.24. The van der Waals surface area contributed by atoms with Crippen LogP contribution in [0.2, 0.25) is 0 Å². The van der Waals surface area contributed by atoms with Gasteiger partial charge in [0.2, 0.25) is 11.8 Å². The second kappa shape index (κ2) is 9.24. The average molecular weight is 354 g/mol. The maximum absolute atomic E-state index is 12.2. The molecule has 1 atom stereocenters. The van der Waals surface area contributed by atoms with E-state index in [9.17, 15) is 19.7 Å². The maximum Gasteiger partial charge on any atom is 0.253 e. The average Bonchev–Trinajstić information content (AvgIpc) is 2.50. The van der Waals surface area contributed by atoms with Crippen LogP contribution in [0, 0.1) is 24.0 Å². The topological polar surface area (TPSA) is 127 Å². The number of anilines is 1. The van der Waals surface area contributed by atoms with Crippen LogP contribution in [0.4, 0.5) is 5.69 Å². The summed E-state index contributed by atoms with van der Waals surface area (Å²) in [5.41, 5.74) is 7.76. The van der Waals surface area contributed by atoms with E-state index in [2.05, 4.69) is 10.6 Å². The van der Waals surface area contributed by atoms with Crippen molar-refractivity contribution in [2.45, 2.75) is 38.1 Å². The molecule has 0 radical (unpaired) electrons. The van der Waals surface area contributed by atoms with Crippen molar-refractivity contribution in [3.05, 3.63) is 33.4 Å². The Morgan fingerprint density at radius 3 is 2.38 bits per heavy atom. The van der Waals surface area contributed by atoms with E-state index < -0.39 is 11.9 Å². The molecule has 0 aliphatic heterocycles. The Morgan fingerprint density at radius 1 is 1.33 bits per heavy atom. The van der Waals surface area contributed by atoms with Crippen LogP contribution in [-0.2, 0) is 9.59 Å². The molecule has 2 amide bonds. The highest BCUT2D eigenvalue weighted by Gasteiger charge is 2.19. The lowest BCUT2D eigenvalue weighted by Gasteiger charge is -2.17. The Balaban J connectivity index is 2.85. The predicted octanol–water partition coefficient (Wildman–Crippen LogP) is 1.42. The van der Waals surface area contributed by atoms with E-state index >= 15 is 0 Å². The zero-order chi connectivity index (χ0) is 18.3. The summed E-state index contributed by atoms with van der Waals surface area (Å²) in [7, 11) is 0. The minimum Gasteiger partial charge on any atom is -0.343 e. The predicted molar refractivity (Wildman–Crippen MR) is 93.5 cm³/mol. The summed E-state index contributed by atoms with van der Waals surface area (Å²) in [6, 6.07) is 2.67. The summed E-state index contributed by atoms with van der Waals surface area (Å²) in [6.07, 6.45) is 0.268. The van der Waals surface area contributed by atoms with E-state index in [1.165, 1.54) is 0 Å². The Labute approximate surface area is 144 Å². The molecule has 0 spiro atoms. The van der Waals surface area contributed by atoms with Gasteiger partial charge >= 0.3 is 0 Å². The molecule has 8 nitrogen and oxygen atoms in total. The van der Waals surface area contributed by atoms with E-state index in [4.69, 9.17) is 5.73 Å². The van der Waals surface area contributed by atoms with Crippen molar-refractivity contribution >= 4 is 29.3 Å². The number of carbonyl (C=O) groups is 2. The number of aryl methyl sites for hydroxylation is 2. The van der Waals surface area contributed by atoms with Crippen LogP contribution in [0.15, 0.2) is 17.0 Å². The van der Waals surface area contributed by atoms with Gasteiger partial charge in [-0.3, -0.25) is 19.7 Å². The molecule has 1 aromatic rings. The number of nitrogens with zero attached hydrogens (tertiary/aromatic N) is 1. The lowest BCUT2D eigenvalue weighted by Crippen LogP contribution is -2.48. The molecule has 0 aliphatic carbocycles. The van der Waals surface area contributed by atoms with Crippen molar-refractivity contribution in [1.82, 2.24) is 5.32 Å². The SMILES string of the molecule is CCC(=O)NC(CN)C(=O)Nc1cc(C)c(SC[N+](=O)[O-])c(C)c1. The van der Waals surface area contributed by atoms with Crippen molar-refractivity contribution in [3.63, 3.8) is 0 Å². The summed E-state index contributed by atoms with van der Waals surface area (Å²) < 4.78 is 0. The van der Waals surface area contributed by atoms with Crippen LogP contribution in [0.25, 0.3) is 0 Å². The lowest BCUT2D eigenvalue weighted by molar-refractivity contribution is -0.456. The number of benzene rings is 1. The second-order valence-corrected chi connectivity index (χ2v) is 6.20. The van der Waals surface area contributed by atoms with Crippen LogP contribution in [-0.4, -0.2) is 35.2 Å². The van der Waals surface area contributed by atoms with Gasteiger partial charge in [0.05, 0.1) is 0 Å². The summed E-state index contributed by atoms with van der Waals surface area (Å²) in [4.78, 5) is 34.6. The fourth-order valence-electron chi connectivity index (χ4n) is 2.12. The molecule has 0 heterocycles. The number of rotatable bonds is 8. The molecule has 0 fully saturated rings. The lowest BCUT2D eigenvalue weighted by atomic mass is 10.1. The Kier molecular flexibility index (Phi) is 7.66. The van der Waals surface area contributed by atoms with Gasteiger partial charge in [-0.1, -0.05) is 6.92 Å². The van der Waals surface area contributed by atoms with Crippen molar-refractivity contribution in [1.29, 1.82) is 0 Å². The first-order chi connectivity index (χ1) is 11.3. The van der Waals surface area contributed by atoms with E-state index in [1.54, 1.807) is 19.1 Å². The minimum absolute atomic E-state index is 0.00763. The highest BCUT2D eigenvalue weighted by atomic mass is 32.2. The molecule has 9 heteroatoms. The summed E-state index contributed by atoms with van der Waals surface area (Å²) in [6.45, 7) is 5.33. The van der Waals surface area contributed by atoms with Crippen molar-refractivity contribution in [2.75, 3.05) is 17.7 Å². The van der Waals surface area contributed by atoms with Gasteiger partial charge in [0, 0.05) is 28.5 Å². The molecule has 24 heavy (non-hydrogen) atoms. The standard InChI is InChI=1S/C15H22N4O4S/c1-4-13(20)18-12(7-16)15(21)17-11-5-9(2)14(10(3)6-11)24-8-19(22)23/h5-6,12H,4,7-8,16H2,1-3H3,(H,17,21)(H,18,20). The Morgan fingerprint density at radius 2 is 1.92 bits per heavy atom. The number of nitro groups is 1. The molecular formula is C15H22N4O4S. The first-order valence-electron chi connectivity index (χ1n) is 7.44. The number of hydrogen-bond acceptors (Lipinski definition) is 6. The van der Waals surface area contributed by atoms with Crippen molar-refractivity contribution < 1.29 is 14.5 Å².